The smallest absolute Gasteiger partial charge is 0.247 e. The molecule has 8 heteroatoms. The Hall–Kier alpha value is -4.69. The Morgan fingerprint density at radius 2 is 1.73 bits per heavy atom. The topological polar surface area (TPSA) is 82.1 Å². The number of carbonyl (C=O) groups excluding carboxylic acids is 1. The van der Waals surface area contributed by atoms with Crippen LogP contribution in [0.2, 0.25) is 0 Å². The lowest BCUT2D eigenvalue weighted by atomic mass is 9.96. The fraction of sp³-hybridized carbons (Fsp3) is 0.242. The number of nitrogens with zero attached hydrogens (tertiary/aromatic N) is 5. The number of rotatable bonds is 9. The van der Waals surface area contributed by atoms with Crippen LogP contribution in [0.25, 0.3) is 44.5 Å². The van der Waals surface area contributed by atoms with Crippen molar-refractivity contribution < 1.29 is 4.79 Å². The van der Waals surface area contributed by atoms with Crippen molar-refractivity contribution in [3.8, 4) is 33.5 Å². The van der Waals surface area contributed by atoms with Gasteiger partial charge in [0.1, 0.15) is 5.65 Å². The van der Waals surface area contributed by atoms with Gasteiger partial charge in [0.25, 0.3) is 0 Å². The van der Waals surface area contributed by atoms with Gasteiger partial charge in [-0.2, -0.15) is 5.10 Å². The summed E-state index contributed by atoms with van der Waals surface area (Å²) in [6, 6.07) is 16.9. The third kappa shape index (κ3) is 5.64. The van der Waals surface area contributed by atoms with Crippen molar-refractivity contribution in [3.63, 3.8) is 0 Å². The van der Waals surface area contributed by atoms with Crippen LogP contribution in [-0.2, 0) is 11.8 Å². The highest BCUT2D eigenvalue weighted by atomic mass is 16.1. The number of hydrogen-bond acceptors (Lipinski definition) is 5. The number of anilines is 2. The number of nitrogens with one attached hydrogen (secondary N) is 2. The number of H-pyrrole nitrogens is 1. The summed E-state index contributed by atoms with van der Waals surface area (Å²) in [5.41, 5.74) is 10.8. The van der Waals surface area contributed by atoms with E-state index in [9.17, 15) is 4.79 Å². The molecule has 3 aromatic heterocycles. The molecule has 0 unspecified atom stereocenters. The van der Waals surface area contributed by atoms with Gasteiger partial charge in [0, 0.05) is 72.5 Å². The Labute approximate surface area is 241 Å². The lowest BCUT2D eigenvalue weighted by Crippen LogP contribution is -2.28. The molecule has 2 aromatic carbocycles. The molecule has 0 bridgehead atoms. The molecule has 5 aromatic rings. The highest BCUT2D eigenvalue weighted by Gasteiger charge is 2.19. The first-order valence-electron chi connectivity index (χ1n) is 13.7. The first kappa shape index (κ1) is 27.9. The summed E-state index contributed by atoms with van der Waals surface area (Å²) in [6.07, 6.45) is 5.06. The largest absolute Gasteiger partial charge is 0.373 e. The van der Waals surface area contributed by atoms with Gasteiger partial charge in [-0.15, -0.1) is 0 Å². The summed E-state index contributed by atoms with van der Waals surface area (Å²) in [7, 11) is 8.23. The number of aromatic amines is 1. The van der Waals surface area contributed by atoms with Crippen LogP contribution in [0.1, 0.15) is 11.3 Å². The number of amides is 1. The number of carbonyl (C=O) groups is 1. The monoisotopic (exact) mass is 547 g/mol. The number of aryl methyl sites for hydroxylation is 2. The second-order valence-corrected chi connectivity index (χ2v) is 10.8. The lowest BCUT2D eigenvalue weighted by molar-refractivity contribution is -0.111. The first-order chi connectivity index (χ1) is 19.7. The fourth-order valence-corrected chi connectivity index (χ4v) is 4.97. The van der Waals surface area contributed by atoms with Crippen molar-refractivity contribution >= 4 is 28.3 Å². The second-order valence-electron chi connectivity index (χ2n) is 10.8. The van der Waals surface area contributed by atoms with Gasteiger partial charge in [-0.25, -0.2) is 4.98 Å². The van der Waals surface area contributed by atoms with Crippen LogP contribution in [-0.4, -0.2) is 64.8 Å². The van der Waals surface area contributed by atoms with Crippen molar-refractivity contribution in [3.05, 3.63) is 84.8 Å². The first-order valence-corrected chi connectivity index (χ1v) is 13.7. The Morgan fingerprint density at radius 1 is 1.00 bits per heavy atom. The SMILES string of the molecule is C=CC(=O)Nc1cc(-c2c(-c3ccc(N(C)CCN(C)C)cc3)[nH]c3ncc(-c4cnn(C)c4C)cc23)ccc1C. The molecular weight excluding hydrogens is 510 g/mol. The molecular formula is C33H37N7O. The zero-order valence-corrected chi connectivity index (χ0v) is 24.6. The number of pyridine rings is 1. The molecule has 5 rings (SSSR count). The normalized spacial score (nSPS) is 11.3. The maximum absolute atomic E-state index is 12.2. The van der Waals surface area contributed by atoms with Crippen LogP contribution in [0, 0.1) is 13.8 Å². The zero-order chi connectivity index (χ0) is 29.3. The van der Waals surface area contributed by atoms with E-state index in [2.05, 4.69) is 96.2 Å². The van der Waals surface area contributed by atoms with E-state index in [-0.39, 0.29) is 5.91 Å². The van der Waals surface area contributed by atoms with Crippen molar-refractivity contribution in [2.45, 2.75) is 13.8 Å². The highest BCUT2D eigenvalue weighted by Crippen LogP contribution is 2.41. The van der Waals surface area contributed by atoms with Crippen LogP contribution < -0.4 is 10.2 Å². The number of benzene rings is 2. The molecule has 0 atom stereocenters. The minimum absolute atomic E-state index is 0.241. The molecule has 1 amide bonds. The van der Waals surface area contributed by atoms with Crippen molar-refractivity contribution in [2.24, 2.45) is 7.05 Å². The summed E-state index contributed by atoms with van der Waals surface area (Å²) < 4.78 is 1.87. The Kier molecular flexibility index (Phi) is 7.77. The highest BCUT2D eigenvalue weighted by molar-refractivity contribution is 6.05. The third-order valence-electron chi connectivity index (χ3n) is 7.65. The van der Waals surface area contributed by atoms with Crippen LogP contribution in [0.3, 0.4) is 0 Å². The predicted molar refractivity (Wildman–Crippen MR) is 169 cm³/mol. The number of fused-ring (bicyclic) bond motifs is 1. The van der Waals surface area contributed by atoms with E-state index in [1.165, 1.54) is 6.08 Å². The van der Waals surface area contributed by atoms with E-state index in [4.69, 9.17) is 4.98 Å². The van der Waals surface area contributed by atoms with Crippen molar-refractivity contribution in [1.82, 2.24) is 24.6 Å². The molecule has 0 aliphatic carbocycles. The molecule has 210 valence electrons. The Balaban J connectivity index is 1.66. The minimum Gasteiger partial charge on any atom is -0.373 e. The van der Waals surface area contributed by atoms with E-state index in [0.29, 0.717) is 0 Å². The van der Waals surface area contributed by atoms with Gasteiger partial charge < -0.3 is 20.1 Å². The minimum atomic E-state index is -0.241. The molecule has 3 heterocycles. The molecule has 0 saturated heterocycles. The van der Waals surface area contributed by atoms with Gasteiger partial charge in [0.05, 0.1) is 11.9 Å². The van der Waals surface area contributed by atoms with Crippen LogP contribution in [0.15, 0.2) is 73.6 Å². The molecule has 8 nitrogen and oxygen atoms in total. The molecule has 0 fully saturated rings. The third-order valence-corrected chi connectivity index (χ3v) is 7.65. The van der Waals surface area contributed by atoms with E-state index >= 15 is 0 Å². The second kappa shape index (κ2) is 11.4. The van der Waals surface area contributed by atoms with Gasteiger partial charge in [-0.3, -0.25) is 9.48 Å². The Bertz CT molecular complexity index is 1730. The van der Waals surface area contributed by atoms with Gasteiger partial charge in [-0.05, 0) is 75.0 Å². The number of aromatic nitrogens is 4. The van der Waals surface area contributed by atoms with Crippen LogP contribution in [0.4, 0.5) is 11.4 Å². The molecule has 0 radical (unpaired) electrons. The number of hydrogen-bond donors (Lipinski definition) is 2. The maximum atomic E-state index is 12.2. The molecule has 41 heavy (non-hydrogen) atoms. The molecule has 0 aliphatic heterocycles. The average Bonchev–Trinajstić information content (AvgIpc) is 3.51. The lowest BCUT2D eigenvalue weighted by Gasteiger charge is -2.21. The average molecular weight is 548 g/mol. The van der Waals surface area contributed by atoms with E-state index in [1.54, 1.807) is 0 Å². The van der Waals surface area contributed by atoms with E-state index < -0.39 is 0 Å². The molecule has 0 aliphatic rings. The Morgan fingerprint density at radius 3 is 2.39 bits per heavy atom. The van der Waals surface area contributed by atoms with E-state index in [1.807, 2.05) is 43.2 Å². The summed E-state index contributed by atoms with van der Waals surface area (Å²) in [4.78, 5) is 25.1. The van der Waals surface area contributed by atoms with Gasteiger partial charge in [0.15, 0.2) is 0 Å². The molecule has 0 saturated carbocycles. The van der Waals surface area contributed by atoms with Gasteiger partial charge >= 0.3 is 0 Å². The molecule has 0 spiro atoms. The standard InChI is InChI=1S/C33H37N7O/c1-8-30(41)36-29-18-24(10-9-21(29)2)31-27-17-25(28-20-35-40(7)22(28)3)19-34-33(27)37-32(31)23-11-13-26(14-12-23)39(6)16-15-38(4)5/h8-14,17-20H,1,15-16H2,2-7H3,(H,34,37)(H,36,41). The molecule has 2 N–H and O–H groups in total. The quantitative estimate of drug-likeness (QED) is 0.220. The van der Waals surface area contributed by atoms with Gasteiger partial charge in [-0.1, -0.05) is 30.8 Å². The van der Waals surface area contributed by atoms with Crippen LogP contribution in [0.5, 0.6) is 0 Å². The summed E-state index contributed by atoms with van der Waals surface area (Å²) >= 11 is 0. The fourth-order valence-electron chi connectivity index (χ4n) is 4.97. The predicted octanol–water partition coefficient (Wildman–Crippen LogP) is 6.04. The van der Waals surface area contributed by atoms with Crippen molar-refractivity contribution in [1.29, 1.82) is 0 Å². The number of likely N-dealkylation sites (N-methyl/N-ethyl adjacent to an activating group) is 2. The summed E-state index contributed by atoms with van der Waals surface area (Å²) in [5, 5.41) is 8.39. The zero-order valence-electron chi connectivity index (χ0n) is 24.6. The van der Waals surface area contributed by atoms with E-state index in [0.717, 1.165) is 80.3 Å². The summed E-state index contributed by atoms with van der Waals surface area (Å²) in [5.74, 6) is -0.241. The summed E-state index contributed by atoms with van der Waals surface area (Å²) in [6.45, 7) is 9.56. The van der Waals surface area contributed by atoms with Crippen LogP contribution >= 0.6 is 0 Å². The van der Waals surface area contributed by atoms with Gasteiger partial charge in [0.2, 0.25) is 5.91 Å². The van der Waals surface area contributed by atoms with Crippen molar-refractivity contribution in [2.75, 3.05) is 44.4 Å². The maximum Gasteiger partial charge on any atom is 0.247 e.